The summed E-state index contributed by atoms with van der Waals surface area (Å²) in [5.41, 5.74) is 0.279. The molecule has 0 aliphatic heterocycles. The van der Waals surface area contributed by atoms with Crippen LogP contribution in [0.15, 0.2) is 30.3 Å². The quantitative estimate of drug-likeness (QED) is 0.877. The Morgan fingerprint density at radius 3 is 2.29 bits per heavy atom. The van der Waals surface area contributed by atoms with Gasteiger partial charge in [-0.05, 0) is 12.5 Å². The molecule has 1 unspecified atom stereocenters. The zero-order valence-corrected chi connectivity index (χ0v) is 11.2. The Balaban J connectivity index is 2.84. The van der Waals surface area contributed by atoms with E-state index in [0.29, 0.717) is 4.90 Å². The number of carbonyl (C=O) groups is 2. The molecule has 1 aromatic rings. The number of urea groups is 1. The van der Waals surface area contributed by atoms with Gasteiger partial charge in [-0.2, -0.15) is 13.2 Å². The van der Waals surface area contributed by atoms with Crippen LogP contribution in [0.4, 0.5) is 18.0 Å². The Morgan fingerprint density at radius 2 is 1.86 bits per heavy atom. The molecule has 2 N–H and O–H groups in total. The van der Waals surface area contributed by atoms with Crippen molar-refractivity contribution in [2.45, 2.75) is 19.1 Å². The number of rotatable bonds is 5. The first-order chi connectivity index (χ1) is 9.74. The first-order valence-electron chi connectivity index (χ1n) is 6.14. The van der Waals surface area contributed by atoms with E-state index >= 15 is 0 Å². The van der Waals surface area contributed by atoms with E-state index in [9.17, 15) is 22.8 Å². The fourth-order valence-electron chi connectivity index (χ4n) is 1.69. The second-order valence-corrected chi connectivity index (χ2v) is 4.26. The Hall–Kier alpha value is -2.25. The van der Waals surface area contributed by atoms with Crippen LogP contribution in [0, 0.1) is 0 Å². The van der Waals surface area contributed by atoms with E-state index in [1.54, 1.807) is 18.2 Å². The minimum absolute atomic E-state index is 0.188. The van der Waals surface area contributed by atoms with Crippen molar-refractivity contribution in [2.75, 3.05) is 13.1 Å². The standard InChI is InChI=1S/C13H15F3N2O3/c1-2-18(8-13(14,15)16)12(21)17-10(11(19)20)9-6-4-3-5-7-9/h3-7,10H,2,8H2,1H3,(H,17,21)(H,19,20). The van der Waals surface area contributed by atoms with Gasteiger partial charge in [-0.3, -0.25) is 0 Å². The number of hydrogen-bond acceptors (Lipinski definition) is 2. The molecule has 5 nitrogen and oxygen atoms in total. The summed E-state index contributed by atoms with van der Waals surface area (Å²) in [6.45, 7) is -0.244. The monoisotopic (exact) mass is 304 g/mol. The number of alkyl halides is 3. The summed E-state index contributed by atoms with van der Waals surface area (Å²) < 4.78 is 37.0. The van der Waals surface area contributed by atoms with Gasteiger partial charge < -0.3 is 15.3 Å². The minimum Gasteiger partial charge on any atom is -0.479 e. The number of benzene rings is 1. The molecule has 0 aliphatic carbocycles. The highest BCUT2D eigenvalue weighted by Crippen LogP contribution is 2.18. The number of carboxylic acid groups (broad SMARTS) is 1. The normalized spacial score (nSPS) is 12.6. The van der Waals surface area contributed by atoms with Crippen LogP contribution in [0.1, 0.15) is 18.5 Å². The van der Waals surface area contributed by atoms with E-state index in [-0.39, 0.29) is 12.1 Å². The van der Waals surface area contributed by atoms with Crippen LogP contribution in [0.3, 0.4) is 0 Å². The molecule has 0 bridgehead atoms. The van der Waals surface area contributed by atoms with Crippen LogP contribution in [-0.4, -0.2) is 41.3 Å². The summed E-state index contributed by atoms with van der Waals surface area (Å²) in [5, 5.41) is 11.2. The highest BCUT2D eigenvalue weighted by atomic mass is 19.4. The second-order valence-electron chi connectivity index (χ2n) is 4.26. The van der Waals surface area contributed by atoms with Crippen molar-refractivity contribution in [2.24, 2.45) is 0 Å². The molecule has 0 spiro atoms. The molecular weight excluding hydrogens is 289 g/mol. The summed E-state index contributed by atoms with van der Waals surface area (Å²) in [7, 11) is 0. The molecule has 8 heteroatoms. The van der Waals surface area contributed by atoms with Gasteiger partial charge in [0, 0.05) is 6.54 Å². The highest BCUT2D eigenvalue weighted by Gasteiger charge is 2.33. The van der Waals surface area contributed by atoms with Crippen molar-refractivity contribution in [1.82, 2.24) is 10.2 Å². The molecule has 21 heavy (non-hydrogen) atoms. The van der Waals surface area contributed by atoms with Gasteiger partial charge in [-0.25, -0.2) is 9.59 Å². The Morgan fingerprint density at radius 1 is 1.29 bits per heavy atom. The van der Waals surface area contributed by atoms with Gasteiger partial charge in [0.15, 0.2) is 6.04 Å². The molecule has 0 saturated heterocycles. The first kappa shape index (κ1) is 16.8. The summed E-state index contributed by atoms with van der Waals surface area (Å²) in [5.74, 6) is -1.35. The fourth-order valence-corrected chi connectivity index (χ4v) is 1.69. The van der Waals surface area contributed by atoms with Crippen LogP contribution in [0.2, 0.25) is 0 Å². The van der Waals surface area contributed by atoms with Gasteiger partial charge in [0.2, 0.25) is 0 Å². The van der Waals surface area contributed by atoms with Crippen LogP contribution in [0.5, 0.6) is 0 Å². The summed E-state index contributed by atoms with van der Waals surface area (Å²) in [4.78, 5) is 23.5. The number of hydrogen-bond donors (Lipinski definition) is 2. The van der Waals surface area contributed by atoms with Crippen LogP contribution >= 0.6 is 0 Å². The molecular formula is C13H15F3N2O3. The van der Waals surface area contributed by atoms with E-state index in [1.165, 1.54) is 19.1 Å². The van der Waals surface area contributed by atoms with Gasteiger partial charge in [0.25, 0.3) is 0 Å². The molecule has 0 radical (unpaired) electrons. The maximum atomic E-state index is 12.3. The van der Waals surface area contributed by atoms with Gasteiger partial charge in [0.1, 0.15) is 6.54 Å². The zero-order valence-electron chi connectivity index (χ0n) is 11.2. The number of carboxylic acids is 1. The number of aliphatic carboxylic acids is 1. The molecule has 1 rings (SSSR count). The van der Waals surface area contributed by atoms with Crippen molar-refractivity contribution >= 4 is 12.0 Å². The van der Waals surface area contributed by atoms with E-state index in [0.717, 1.165) is 0 Å². The number of nitrogens with one attached hydrogen (secondary N) is 1. The third-order valence-electron chi connectivity index (χ3n) is 2.69. The van der Waals surface area contributed by atoms with E-state index in [4.69, 9.17) is 5.11 Å². The predicted octanol–water partition coefficient (Wildman–Crippen LogP) is 2.41. The molecule has 0 saturated carbocycles. The van der Waals surface area contributed by atoms with Gasteiger partial charge in [-0.15, -0.1) is 0 Å². The van der Waals surface area contributed by atoms with Crippen LogP contribution < -0.4 is 5.32 Å². The molecule has 0 fully saturated rings. The average molecular weight is 304 g/mol. The molecule has 1 atom stereocenters. The van der Waals surface area contributed by atoms with Crippen molar-refractivity contribution in [3.8, 4) is 0 Å². The van der Waals surface area contributed by atoms with Crippen molar-refractivity contribution in [3.63, 3.8) is 0 Å². The van der Waals surface area contributed by atoms with Crippen molar-refractivity contribution in [1.29, 1.82) is 0 Å². The number of halogens is 3. The Kier molecular flexibility index (Phi) is 5.57. The lowest BCUT2D eigenvalue weighted by Crippen LogP contribution is -2.47. The second kappa shape index (κ2) is 6.96. The average Bonchev–Trinajstić information content (AvgIpc) is 2.41. The molecule has 1 aromatic carbocycles. The number of amides is 2. The summed E-state index contributed by atoms with van der Waals surface area (Å²) >= 11 is 0. The Labute approximate surface area is 119 Å². The van der Waals surface area contributed by atoms with Crippen molar-refractivity contribution in [3.05, 3.63) is 35.9 Å². The van der Waals surface area contributed by atoms with Gasteiger partial charge >= 0.3 is 18.2 Å². The largest absolute Gasteiger partial charge is 0.479 e. The molecule has 0 aromatic heterocycles. The van der Waals surface area contributed by atoms with Crippen LogP contribution in [0.25, 0.3) is 0 Å². The molecule has 0 heterocycles. The topological polar surface area (TPSA) is 69.6 Å². The van der Waals surface area contributed by atoms with E-state index in [1.807, 2.05) is 0 Å². The maximum absolute atomic E-state index is 12.3. The lowest BCUT2D eigenvalue weighted by atomic mass is 10.1. The third-order valence-corrected chi connectivity index (χ3v) is 2.69. The highest BCUT2D eigenvalue weighted by molar-refractivity contribution is 5.83. The van der Waals surface area contributed by atoms with Crippen LogP contribution in [-0.2, 0) is 4.79 Å². The summed E-state index contributed by atoms with van der Waals surface area (Å²) in [6, 6.07) is 5.27. The van der Waals surface area contributed by atoms with Gasteiger partial charge in [0.05, 0.1) is 0 Å². The SMILES string of the molecule is CCN(CC(F)(F)F)C(=O)NC(C(=O)O)c1ccccc1. The predicted molar refractivity (Wildman–Crippen MR) is 68.7 cm³/mol. The lowest BCUT2D eigenvalue weighted by molar-refractivity contribution is -0.140. The molecule has 0 aliphatic rings. The Bertz CT molecular complexity index is 491. The molecule has 116 valence electrons. The van der Waals surface area contributed by atoms with Gasteiger partial charge in [-0.1, -0.05) is 30.3 Å². The minimum atomic E-state index is -4.54. The van der Waals surface area contributed by atoms with Crippen molar-refractivity contribution < 1.29 is 27.9 Å². The summed E-state index contributed by atoms with van der Waals surface area (Å²) in [6.07, 6.45) is -4.54. The fraction of sp³-hybridized carbons (Fsp3) is 0.385. The smallest absolute Gasteiger partial charge is 0.406 e. The first-order valence-corrected chi connectivity index (χ1v) is 6.14. The number of nitrogens with zero attached hydrogens (tertiary/aromatic N) is 1. The van der Waals surface area contributed by atoms with E-state index < -0.39 is 30.8 Å². The van der Waals surface area contributed by atoms with E-state index in [2.05, 4.69) is 5.32 Å². The number of carbonyl (C=O) groups excluding carboxylic acids is 1. The zero-order chi connectivity index (χ0) is 16.0. The lowest BCUT2D eigenvalue weighted by Gasteiger charge is -2.25. The maximum Gasteiger partial charge on any atom is 0.406 e. The molecule has 2 amide bonds. The third kappa shape index (κ3) is 5.33.